The molecule has 102 valence electrons. The fraction of sp³-hybridized carbons (Fsp3) is 0.357. The van der Waals surface area contributed by atoms with E-state index in [0.717, 1.165) is 12.4 Å². The topological polar surface area (TPSA) is 47.3 Å². The van der Waals surface area contributed by atoms with Gasteiger partial charge < -0.3 is 14.4 Å². The molecular weight excluding hydrogens is 247 g/mol. The first-order valence-electron chi connectivity index (χ1n) is 6.22. The molecule has 0 aliphatic carbocycles. The van der Waals surface area contributed by atoms with Gasteiger partial charge in [0.2, 0.25) is 0 Å². The van der Waals surface area contributed by atoms with E-state index in [1.165, 1.54) is 18.2 Å². The molecule has 1 aromatic heterocycles. The van der Waals surface area contributed by atoms with Crippen molar-refractivity contribution in [3.63, 3.8) is 0 Å². The second kappa shape index (κ2) is 5.84. The number of imidazole rings is 1. The summed E-state index contributed by atoms with van der Waals surface area (Å²) in [5.41, 5.74) is 0.566. The third-order valence-electron chi connectivity index (χ3n) is 2.92. The van der Waals surface area contributed by atoms with Crippen molar-refractivity contribution >= 4 is 0 Å². The number of aromatic nitrogens is 2. The van der Waals surface area contributed by atoms with Crippen molar-refractivity contribution in [3.05, 3.63) is 47.8 Å². The van der Waals surface area contributed by atoms with Crippen LogP contribution in [0.4, 0.5) is 4.39 Å². The molecule has 0 aliphatic heterocycles. The van der Waals surface area contributed by atoms with Crippen molar-refractivity contribution in [2.24, 2.45) is 0 Å². The van der Waals surface area contributed by atoms with Gasteiger partial charge in [-0.15, -0.1) is 0 Å². The van der Waals surface area contributed by atoms with Crippen LogP contribution < -0.4 is 4.74 Å². The van der Waals surface area contributed by atoms with Crippen molar-refractivity contribution in [3.8, 4) is 5.75 Å². The predicted octanol–water partition coefficient (Wildman–Crippen LogP) is 2.67. The number of hydrogen-bond acceptors (Lipinski definition) is 3. The highest BCUT2D eigenvalue weighted by molar-refractivity contribution is 5.35. The first kappa shape index (κ1) is 13.5. The minimum Gasteiger partial charge on any atom is -0.485 e. The van der Waals surface area contributed by atoms with E-state index in [-0.39, 0.29) is 6.61 Å². The lowest BCUT2D eigenvalue weighted by atomic mass is 10.1. The number of hydrogen-bond donors (Lipinski definition) is 1. The fourth-order valence-corrected chi connectivity index (χ4v) is 1.89. The Labute approximate surface area is 111 Å². The number of aryl methyl sites for hydroxylation is 1. The van der Waals surface area contributed by atoms with E-state index < -0.39 is 11.9 Å². The van der Waals surface area contributed by atoms with Crippen molar-refractivity contribution in [2.75, 3.05) is 0 Å². The van der Waals surface area contributed by atoms with Crippen LogP contribution in [0.25, 0.3) is 0 Å². The molecule has 0 spiro atoms. The molecule has 1 heterocycles. The lowest BCUT2D eigenvalue weighted by molar-refractivity contribution is 0.189. The Balaban J connectivity index is 2.17. The summed E-state index contributed by atoms with van der Waals surface area (Å²) in [6.45, 7) is 4.66. The molecule has 5 heteroatoms. The van der Waals surface area contributed by atoms with Crippen LogP contribution >= 0.6 is 0 Å². The molecule has 0 fully saturated rings. The van der Waals surface area contributed by atoms with Gasteiger partial charge in [-0.2, -0.15) is 0 Å². The molecule has 2 rings (SSSR count). The summed E-state index contributed by atoms with van der Waals surface area (Å²) < 4.78 is 20.8. The number of rotatable bonds is 5. The molecule has 4 nitrogen and oxygen atoms in total. The van der Waals surface area contributed by atoms with Crippen LogP contribution in [0.15, 0.2) is 30.6 Å². The lowest BCUT2D eigenvalue weighted by Crippen LogP contribution is -2.07. The van der Waals surface area contributed by atoms with Crippen LogP contribution in [0.2, 0.25) is 0 Å². The third kappa shape index (κ3) is 3.12. The van der Waals surface area contributed by atoms with Crippen LogP contribution in [0.1, 0.15) is 31.3 Å². The summed E-state index contributed by atoms with van der Waals surface area (Å²) >= 11 is 0. The van der Waals surface area contributed by atoms with Crippen molar-refractivity contribution in [1.82, 2.24) is 9.55 Å². The first-order valence-corrected chi connectivity index (χ1v) is 6.22. The summed E-state index contributed by atoms with van der Waals surface area (Å²) in [5, 5.41) is 9.63. The zero-order chi connectivity index (χ0) is 13.8. The number of benzene rings is 1. The summed E-state index contributed by atoms with van der Waals surface area (Å²) in [4.78, 5) is 4.18. The van der Waals surface area contributed by atoms with Gasteiger partial charge in [0.05, 0.1) is 6.10 Å². The van der Waals surface area contributed by atoms with Crippen molar-refractivity contribution < 1.29 is 14.2 Å². The molecule has 0 saturated carbocycles. The maximum atomic E-state index is 13.2. The minimum atomic E-state index is -0.707. The first-order chi connectivity index (χ1) is 9.11. The average Bonchev–Trinajstić information content (AvgIpc) is 2.83. The molecule has 0 bridgehead atoms. The van der Waals surface area contributed by atoms with Gasteiger partial charge in [-0.3, -0.25) is 0 Å². The highest BCUT2D eigenvalue weighted by atomic mass is 19.1. The summed E-state index contributed by atoms with van der Waals surface area (Å²) in [6, 6.07) is 4.12. The van der Waals surface area contributed by atoms with E-state index >= 15 is 0 Å². The molecule has 2 aromatic rings. The van der Waals surface area contributed by atoms with Gasteiger partial charge in [0.25, 0.3) is 0 Å². The van der Waals surface area contributed by atoms with E-state index in [1.807, 2.05) is 17.7 Å². The molecular formula is C14H17FN2O2. The van der Waals surface area contributed by atoms with Crippen molar-refractivity contribution in [2.45, 2.75) is 33.1 Å². The largest absolute Gasteiger partial charge is 0.485 e. The number of halogens is 1. The highest BCUT2D eigenvalue weighted by Crippen LogP contribution is 2.26. The van der Waals surface area contributed by atoms with E-state index in [9.17, 15) is 9.50 Å². The Hall–Kier alpha value is -1.88. The van der Waals surface area contributed by atoms with Gasteiger partial charge in [-0.25, -0.2) is 9.37 Å². The maximum absolute atomic E-state index is 13.2. The quantitative estimate of drug-likeness (QED) is 0.903. The van der Waals surface area contributed by atoms with Crippen LogP contribution in [-0.2, 0) is 13.2 Å². The Morgan fingerprint density at radius 2 is 2.26 bits per heavy atom. The second-order valence-electron chi connectivity index (χ2n) is 4.28. The second-order valence-corrected chi connectivity index (χ2v) is 4.28. The van der Waals surface area contributed by atoms with Gasteiger partial charge in [-0.05, 0) is 26.0 Å². The molecule has 0 amide bonds. The summed E-state index contributed by atoms with van der Waals surface area (Å²) in [5.74, 6) is 0.724. The molecule has 1 N–H and O–H groups in total. The molecule has 19 heavy (non-hydrogen) atoms. The standard InChI is InChI=1S/C14H17FN2O2/c1-3-17-7-6-16-14(17)9-19-13-8-11(15)4-5-12(13)10(2)18/h4-8,10,18H,3,9H2,1-2H3. The van der Waals surface area contributed by atoms with Gasteiger partial charge in [0.15, 0.2) is 0 Å². The van der Waals surface area contributed by atoms with Crippen LogP contribution in [0.3, 0.4) is 0 Å². The van der Waals surface area contributed by atoms with Gasteiger partial charge in [0, 0.05) is 30.6 Å². The van der Waals surface area contributed by atoms with Crippen LogP contribution in [0.5, 0.6) is 5.75 Å². The average molecular weight is 264 g/mol. The smallest absolute Gasteiger partial charge is 0.146 e. The predicted molar refractivity (Wildman–Crippen MR) is 69.3 cm³/mol. The van der Waals surface area contributed by atoms with E-state index in [2.05, 4.69) is 4.98 Å². The Morgan fingerprint density at radius 1 is 1.47 bits per heavy atom. The SMILES string of the molecule is CCn1ccnc1COc1cc(F)ccc1C(C)O. The zero-order valence-corrected chi connectivity index (χ0v) is 11.0. The number of aliphatic hydroxyl groups is 1. The Kier molecular flexibility index (Phi) is 4.16. The number of aliphatic hydroxyl groups excluding tert-OH is 1. The number of ether oxygens (including phenoxy) is 1. The monoisotopic (exact) mass is 264 g/mol. The van der Waals surface area contributed by atoms with Crippen LogP contribution in [0, 0.1) is 5.82 Å². The number of nitrogens with zero attached hydrogens (tertiary/aromatic N) is 2. The molecule has 1 unspecified atom stereocenters. The third-order valence-corrected chi connectivity index (χ3v) is 2.92. The normalized spacial score (nSPS) is 12.4. The summed E-state index contributed by atoms with van der Waals surface area (Å²) in [6.07, 6.45) is 2.85. The Morgan fingerprint density at radius 3 is 2.95 bits per heavy atom. The zero-order valence-electron chi connectivity index (χ0n) is 11.0. The maximum Gasteiger partial charge on any atom is 0.146 e. The van der Waals surface area contributed by atoms with Gasteiger partial charge >= 0.3 is 0 Å². The molecule has 0 radical (unpaired) electrons. The van der Waals surface area contributed by atoms with Gasteiger partial charge in [-0.1, -0.05) is 0 Å². The van der Waals surface area contributed by atoms with E-state index in [0.29, 0.717) is 11.3 Å². The minimum absolute atomic E-state index is 0.240. The summed E-state index contributed by atoms with van der Waals surface area (Å²) in [7, 11) is 0. The fourth-order valence-electron chi connectivity index (χ4n) is 1.89. The molecule has 1 atom stereocenters. The lowest BCUT2D eigenvalue weighted by Gasteiger charge is -2.13. The van der Waals surface area contributed by atoms with Crippen molar-refractivity contribution in [1.29, 1.82) is 0 Å². The van der Waals surface area contributed by atoms with Crippen LogP contribution in [-0.4, -0.2) is 14.7 Å². The Bertz CT molecular complexity index is 552. The van der Waals surface area contributed by atoms with E-state index in [4.69, 9.17) is 4.74 Å². The molecule has 1 aromatic carbocycles. The molecule has 0 saturated heterocycles. The van der Waals surface area contributed by atoms with Gasteiger partial charge in [0.1, 0.15) is 24.0 Å². The highest BCUT2D eigenvalue weighted by Gasteiger charge is 2.11. The molecule has 0 aliphatic rings. The van der Waals surface area contributed by atoms with E-state index in [1.54, 1.807) is 13.1 Å².